The molecule has 8 heteroatoms. The lowest BCUT2D eigenvalue weighted by Gasteiger charge is -2.11. The van der Waals surface area contributed by atoms with Crippen LogP contribution in [0, 0.1) is 0 Å². The van der Waals surface area contributed by atoms with Gasteiger partial charge in [-0.3, -0.25) is 0 Å². The second-order valence-electron chi connectivity index (χ2n) is 3.85. The van der Waals surface area contributed by atoms with E-state index >= 15 is 0 Å². The summed E-state index contributed by atoms with van der Waals surface area (Å²) in [7, 11) is 0. The number of oxime groups is 1. The average Bonchev–Trinajstić information content (AvgIpc) is 2.32. The van der Waals surface area contributed by atoms with Gasteiger partial charge in [-0.25, -0.2) is 0 Å². The van der Waals surface area contributed by atoms with E-state index in [1.807, 2.05) is 0 Å². The summed E-state index contributed by atoms with van der Waals surface area (Å²) in [6, 6.07) is 3.25. The van der Waals surface area contributed by atoms with Crippen molar-refractivity contribution in [3.8, 4) is 0 Å². The molecule has 106 valence electrons. The van der Waals surface area contributed by atoms with Crippen LogP contribution in [0.15, 0.2) is 23.4 Å². The number of alkyl halides is 3. The van der Waals surface area contributed by atoms with E-state index in [1.54, 1.807) is 0 Å². The number of rotatable bonds is 5. The zero-order chi connectivity index (χ0) is 14.5. The maximum Gasteiger partial charge on any atom is 0.416 e. The van der Waals surface area contributed by atoms with Gasteiger partial charge in [0, 0.05) is 23.7 Å². The van der Waals surface area contributed by atoms with Gasteiger partial charge in [-0.05, 0) is 24.6 Å². The van der Waals surface area contributed by atoms with Crippen molar-refractivity contribution >= 4 is 23.1 Å². The smallest absolute Gasteiger partial charge is 0.409 e. The standard InChI is InChI=1S/C11H13ClF3N3O/c12-8-4-7(11(13,14)15)5-9(6-8)17-3-1-2-10(16)18-19/h4-6,17,19H,1-3H2,(H2,16,18). The first kappa shape index (κ1) is 15.4. The van der Waals surface area contributed by atoms with Crippen LogP contribution in [0.3, 0.4) is 0 Å². The van der Waals surface area contributed by atoms with Gasteiger partial charge >= 0.3 is 6.18 Å². The molecule has 0 atom stereocenters. The fourth-order valence-electron chi connectivity index (χ4n) is 1.41. The first-order valence-electron chi connectivity index (χ1n) is 5.41. The van der Waals surface area contributed by atoms with Crippen molar-refractivity contribution in [1.29, 1.82) is 0 Å². The Labute approximate surface area is 113 Å². The summed E-state index contributed by atoms with van der Waals surface area (Å²) in [5, 5.41) is 13.9. The SMILES string of the molecule is N/C(CCCNc1cc(Cl)cc(C(F)(F)F)c1)=N/O. The highest BCUT2D eigenvalue weighted by molar-refractivity contribution is 6.30. The van der Waals surface area contributed by atoms with Gasteiger partial charge in [-0.1, -0.05) is 16.8 Å². The fraction of sp³-hybridized carbons (Fsp3) is 0.364. The molecule has 0 aliphatic rings. The number of nitrogens with zero attached hydrogens (tertiary/aromatic N) is 1. The molecular formula is C11H13ClF3N3O. The minimum atomic E-state index is -4.44. The average molecular weight is 296 g/mol. The summed E-state index contributed by atoms with van der Waals surface area (Å²) < 4.78 is 37.6. The van der Waals surface area contributed by atoms with Gasteiger partial charge in [-0.15, -0.1) is 0 Å². The van der Waals surface area contributed by atoms with Crippen LogP contribution in [0.5, 0.6) is 0 Å². The third-order valence-corrected chi connectivity index (χ3v) is 2.51. The van der Waals surface area contributed by atoms with E-state index in [0.29, 0.717) is 19.4 Å². The summed E-state index contributed by atoms with van der Waals surface area (Å²) in [5.74, 6) is 0.0730. The van der Waals surface area contributed by atoms with Crippen LogP contribution >= 0.6 is 11.6 Å². The Bertz CT molecular complexity index is 463. The third kappa shape index (κ3) is 5.25. The fourth-order valence-corrected chi connectivity index (χ4v) is 1.64. The zero-order valence-corrected chi connectivity index (χ0v) is 10.6. The van der Waals surface area contributed by atoms with Gasteiger partial charge in [0.25, 0.3) is 0 Å². The highest BCUT2D eigenvalue weighted by Gasteiger charge is 2.31. The van der Waals surface area contributed by atoms with E-state index < -0.39 is 11.7 Å². The number of hydrogen-bond donors (Lipinski definition) is 3. The molecule has 0 saturated carbocycles. The minimum absolute atomic E-state index is 0.00811. The quantitative estimate of drug-likeness (QED) is 0.257. The molecule has 0 bridgehead atoms. The maximum absolute atomic E-state index is 12.5. The lowest BCUT2D eigenvalue weighted by molar-refractivity contribution is -0.137. The van der Waals surface area contributed by atoms with Crippen molar-refractivity contribution in [1.82, 2.24) is 0 Å². The Balaban J connectivity index is 2.62. The van der Waals surface area contributed by atoms with Gasteiger partial charge in [0.1, 0.15) is 5.84 Å². The summed E-state index contributed by atoms with van der Waals surface area (Å²) in [5.41, 5.74) is 4.73. The molecule has 1 aromatic carbocycles. The van der Waals surface area contributed by atoms with Gasteiger partial charge in [-0.2, -0.15) is 13.2 Å². The highest BCUT2D eigenvalue weighted by atomic mass is 35.5. The predicted octanol–water partition coefficient (Wildman–Crippen LogP) is 3.30. The van der Waals surface area contributed by atoms with Crippen molar-refractivity contribution in [2.75, 3.05) is 11.9 Å². The highest BCUT2D eigenvalue weighted by Crippen LogP contribution is 2.33. The molecule has 0 aliphatic heterocycles. The molecule has 4 N–H and O–H groups in total. The maximum atomic E-state index is 12.5. The predicted molar refractivity (Wildman–Crippen MR) is 67.6 cm³/mol. The molecule has 19 heavy (non-hydrogen) atoms. The molecule has 0 unspecified atom stereocenters. The Morgan fingerprint density at radius 2 is 2.05 bits per heavy atom. The largest absolute Gasteiger partial charge is 0.416 e. The normalized spacial score (nSPS) is 12.5. The number of hydrogen-bond acceptors (Lipinski definition) is 3. The van der Waals surface area contributed by atoms with Gasteiger partial charge < -0.3 is 16.3 Å². The second-order valence-corrected chi connectivity index (χ2v) is 4.28. The molecule has 4 nitrogen and oxygen atoms in total. The van der Waals surface area contributed by atoms with Crippen LogP contribution in [0.2, 0.25) is 5.02 Å². The lowest BCUT2D eigenvalue weighted by Crippen LogP contribution is -2.13. The van der Waals surface area contributed by atoms with E-state index in [1.165, 1.54) is 6.07 Å². The van der Waals surface area contributed by atoms with E-state index in [0.717, 1.165) is 12.1 Å². The Hall–Kier alpha value is -1.63. The van der Waals surface area contributed by atoms with Crippen molar-refractivity contribution < 1.29 is 18.4 Å². The number of nitrogens with two attached hydrogens (primary N) is 1. The first-order valence-corrected chi connectivity index (χ1v) is 5.79. The van der Waals surface area contributed by atoms with Crippen LogP contribution in [0.25, 0.3) is 0 Å². The molecule has 0 heterocycles. The second kappa shape index (κ2) is 6.51. The van der Waals surface area contributed by atoms with Gasteiger partial charge in [0.05, 0.1) is 5.56 Å². The van der Waals surface area contributed by atoms with Crippen LogP contribution in [-0.4, -0.2) is 17.6 Å². The number of anilines is 1. The molecule has 0 spiro atoms. The van der Waals surface area contributed by atoms with E-state index in [4.69, 9.17) is 22.5 Å². The summed E-state index contributed by atoms with van der Waals surface area (Å²) in [6.07, 6.45) is -3.57. The molecule has 0 saturated heterocycles. The Morgan fingerprint density at radius 1 is 1.37 bits per heavy atom. The number of amidine groups is 1. The summed E-state index contributed by atoms with van der Waals surface area (Å²) in [6.45, 7) is 0.383. The third-order valence-electron chi connectivity index (χ3n) is 2.29. The molecular weight excluding hydrogens is 283 g/mol. The molecule has 1 rings (SSSR count). The van der Waals surface area contributed by atoms with E-state index in [2.05, 4.69) is 10.5 Å². The van der Waals surface area contributed by atoms with Crippen molar-refractivity contribution in [3.05, 3.63) is 28.8 Å². The molecule has 0 radical (unpaired) electrons. The Kier molecular flexibility index (Phi) is 5.29. The molecule has 0 amide bonds. The van der Waals surface area contributed by atoms with Crippen molar-refractivity contribution in [2.45, 2.75) is 19.0 Å². The molecule has 0 aliphatic carbocycles. The number of nitrogens with one attached hydrogen (secondary N) is 1. The minimum Gasteiger partial charge on any atom is -0.409 e. The number of halogens is 4. The van der Waals surface area contributed by atoms with Crippen molar-refractivity contribution in [2.24, 2.45) is 10.9 Å². The van der Waals surface area contributed by atoms with Crippen LogP contribution in [-0.2, 0) is 6.18 Å². The van der Waals surface area contributed by atoms with Crippen LogP contribution in [0.4, 0.5) is 18.9 Å². The molecule has 1 aromatic rings. The topological polar surface area (TPSA) is 70.6 Å². The molecule has 0 fully saturated rings. The summed E-state index contributed by atoms with van der Waals surface area (Å²) >= 11 is 5.63. The van der Waals surface area contributed by atoms with Crippen LogP contribution < -0.4 is 11.1 Å². The van der Waals surface area contributed by atoms with Crippen molar-refractivity contribution in [3.63, 3.8) is 0 Å². The van der Waals surface area contributed by atoms with Crippen LogP contribution in [0.1, 0.15) is 18.4 Å². The Morgan fingerprint density at radius 3 is 2.63 bits per heavy atom. The summed E-state index contributed by atoms with van der Waals surface area (Å²) in [4.78, 5) is 0. The van der Waals surface area contributed by atoms with Gasteiger partial charge in [0.2, 0.25) is 0 Å². The van der Waals surface area contributed by atoms with E-state index in [9.17, 15) is 13.2 Å². The van der Waals surface area contributed by atoms with E-state index in [-0.39, 0.29) is 16.5 Å². The lowest BCUT2D eigenvalue weighted by atomic mass is 10.2. The number of benzene rings is 1. The monoisotopic (exact) mass is 295 g/mol. The first-order chi connectivity index (χ1) is 8.82. The van der Waals surface area contributed by atoms with Gasteiger partial charge in [0.15, 0.2) is 0 Å². The zero-order valence-electron chi connectivity index (χ0n) is 9.84. The molecule has 0 aromatic heterocycles.